The molecule has 1 atom stereocenters. The van der Waals surface area contributed by atoms with E-state index in [1.807, 2.05) is 13.2 Å². The molecule has 0 heterocycles. The van der Waals surface area contributed by atoms with Crippen molar-refractivity contribution in [3.63, 3.8) is 0 Å². The highest BCUT2D eigenvalue weighted by molar-refractivity contribution is 7.98. The third kappa shape index (κ3) is 4.29. The molecule has 1 aromatic carbocycles. The lowest BCUT2D eigenvalue weighted by atomic mass is 10.1. The van der Waals surface area contributed by atoms with Crippen LogP contribution in [0.4, 0.5) is 24.5 Å². The lowest BCUT2D eigenvalue weighted by Gasteiger charge is -2.17. The lowest BCUT2D eigenvalue weighted by molar-refractivity contribution is -0.384. The molecule has 1 rings (SSSR count). The predicted octanol–water partition coefficient (Wildman–Crippen LogP) is 4.17. The molecule has 0 aromatic heterocycles. The fraction of sp³-hybridized carbons (Fsp3) is 0.500. The van der Waals surface area contributed by atoms with Crippen LogP contribution < -0.4 is 5.32 Å². The van der Waals surface area contributed by atoms with Crippen molar-refractivity contribution in [2.24, 2.45) is 0 Å². The number of anilines is 1. The number of benzene rings is 1. The zero-order valence-corrected chi connectivity index (χ0v) is 11.8. The zero-order chi connectivity index (χ0) is 15.3. The second kappa shape index (κ2) is 6.83. The molecule has 4 nitrogen and oxygen atoms in total. The number of nitro benzene ring substituents is 1. The fourth-order valence-electron chi connectivity index (χ4n) is 1.66. The van der Waals surface area contributed by atoms with Crippen LogP contribution in [-0.2, 0) is 6.18 Å². The highest BCUT2D eigenvalue weighted by Crippen LogP contribution is 2.35. The third-order valence-corrected chi connectivity index (χ3v) is 3.48. The molecule has 0 aliphatic rings. The van der Waals surface area contributed by atoms with Gasteiger partial charge in [0.2, 0.25) is 0 Å². The Morgan fingerprint density at radius 1 is 1.45 bits per heavy atom. The average Bonchev–Trinajstić information content (AvgIpc) is 2.36. The monoisotopic (exact) mass is 308 g/mol. The van der Waals surface area contributed by atoms with Gasteiger partial charge in [0.05, 0.1) is 10.5 Å². The normalized spacial score (nSPS) is 13.1. The number of thioether (sulfide) groups is 1. The van der Waals surface area contributed by atoms with Gasteiger partial charge in [0.15, 0.2) is 0 Å². The molecule has 0 saturated carbocycles. The Labute approximate surface area is 118 Å². The van der Waals surface area contributed by atoms with Crippen LogP contribution in [0.15, 0.2) is 18.2 Å². The first-order chi connectivity index (χ1) is 9.29. The standard InChI is InChI=1S/C12H15F3N2O2S/c1-3-9(7-20-2)16-10-5-4-8(12(13,14)15)6-11(10)17(18)19/h4-6,9,16H,3,7H2,1-2H3. The summed E-state index contributed by atoms with van der Waals surface area (Å²) in [7, 11) is 0. The number of hydrogen-bond acceptors (Lipinski definition) is 4. The van der Waals surface area contributed by atoms with Gasteiger partial charge in [-0.15, -0.1) is 0 Å². The molecule has 112 valence electrons. The van der Waals surface area contributed by atoms with Crippen molar-refractivity contribution < 1.29 is 18.1 Å². The Morgan fingerprint density at radius 2 is 2.10 bits per heavy atom. The number of rotatable bonds is 6. The summed E-state index contributed by atoms with van der Waals surface area (Å²) in [6.45, 7) is 1.91. The van der Waals surface area contributed by atoms with E-state index in [0.29, 0.717) is 11.8 Å². The molecule has 0 aliphatic carbocycles. The van der Waals surface area contributed by atoms with Gasteiger partial charge in [-0.2, -0.15) is 24.9 Å². The van der Waals surface area contributed by atoms with Crippen molar-refractivity contribution in [1.29, 1.82) is 0 Å². The van der Waals surface area contributed by atoms with Gasteiger partial charge in [0, 0.05) is 17.9 Å². The van der Waals surface area contributed by atoms with Crippen LogP contribution in [0.3, 0.4) is 0 Å². The molecule has 0 fully saturated rings. The molecule has 0 spiro atoms. The molecule has 0 amide bonds. The number of nitrogens with zero attached hydrogens (tertiary/aromatic N) is 1. The minimum absolute atomic E-state index is 0.0274. The Bertz CT molecular complexity index is 480. The summed E-state index contributed by atoms with van der Waals surface area (Å²) in [6, 6.07) is 2.50. The SMILES string of the molecule is CCC(CSC)Nc1ccc(C(F)(F)F)cc1[N+](=O)[O-]. The summed E-state index contributed by atoms with van der Waals surface area (Å²) >= 11 is 1.56. The molecular weight excluding hydrogens is 293 g/mol. The number of hydrogen-bond donors (Lipinski definition) is 1. The van der Waals surface area contributed by atoms with Crippen molar-refractivity contribution in [2.45, 2.75) is 25.6 Å². The van der Waals surface area contributed by atoms with E-state index in [1.54, 1.807) is 11.8 Å². The Balaban J connectivity index is 3.10. The van der Waals surface area contributed by atoms with Gasteiger partial charge >= 0.3 is 6.18 Å². The minimum Gasteiger partial charge on any atom is -0.376 e. The summed E-state index contributed by atoms with van der Waals surface area (Å²) < 4.78 is 37.7. The van der Waals surface area contributed by atoms with E-state index in [-0.39, 0.29) is 11.7 Å². The molecule has 0 saturated heterocycles. The first kappa shape index (κ1) is 16.6. The number of nitrogens with one attached hydrogen (secondary N) is 1. The van der Waals surface area contributed by atoms with Crippen molar-refractivity contribution >= 4 is 23.1 Å². The van der Waals surface area contributed by atoms with Gasteiger partial charge in [0.25, 0.3) is 5.69 Å². The van der Waals surface area contributed by atoms with Gasteiger partial charge in [-0.3, -0.25) is 10.1 Å². The van der Waals surface area contributed by atoms with E-state index < -0.39 is 22.4 Å². The van der Waals surface area contributed by atoms with Gasteiger partial charge in [0.1, 0.15) is 5.69 Å². The predicted molar refractivity (Wildman–Crippen MR) is 74.2 cm³/mol. The van der Waals surface area contributed by atoms with Crippen LogP contribution in [0, 0.1) is 10.1 Å². The third-order valence-electron chi connectivity index (χ3n) is 2.74. The van der Waals surface area contributed by atoms with Crippen LogP contribution in [0.2, 0.25) is 0 Å². The van der Waals surface area contributed by atoms with Gasteiger partial charge in [-0.05, 0) is 24.8 Å². The molecular formula is C12H15F3N2O2S. The maximum atomic E-state index is 12.6. The molecule has 0 bridgehead atoms. The highest BCUT2D eigenvalue weighted by Gasteiger charge is 2.33. The van der Waals surface area contributed by atoms with Crippen LogP contribution in [0.5, 0.6) is 0 Å². The van der Waals surface area contributed by atoms with Gasteiger partial charge in [-0.1, -0.05) is 6.92 Å². The van der Waals surface area contributed by atoms with Crippen molar-refractivity contribution in [1.82, 2.24) is 0 Å². The highest BCUT2D eigenvalue weighted by atomic mass is 32.2. The Kier molecular flexibility index (Phi) is 5.67. The van der Waals surface area contributed by atoms with Crippen molar-refractivity contribution in [3.8, 4) is 0 Å². The molecule has 1 N–H and O–H groups in total. The van der Waals surface area contributed by atoms with Crippen molar-refractivity contribution in [2.75, 3.05) is 17.3 Å². The van der Waals surface area contributed by atoms with Crippen LogP contribution in [0.1, 0.15) is 18.9 Å². The summed E-state index contributed by atoms with van der Waals surface area (Å²) in [6.07, 6.45) is -1.97. The van der Waals surface area contributed by atoms with E-state index in [1.165, 1.54) is 0 Å². The van der Waals surface area contributed by atoms with Gasteiger partial charge in [-0.25, -0.2) is 0 Å². The zero-order valence-electron chi connectivity index (χ0n) is 11.0. The molecule has 1 unspecified atom stereocenters. The summed E-state index contributed by atoms with van der Waals surface area (Å²) in [5.74, 6) is 0.717. The summed E-state index contributed by atoms with van der Waals surface area (Å²) in [5, 5.41) is 13.8. The first-order valence-corrected chi connectivity index (χ1v) is 7.30. The van der Waals surface area contributed by atoms with E-state index in [9.17, 15) is 23.3 Å². The first-order valence-electron chi connectivity index (χ1n) is 5.90. The largest absolute Gasteiger partial charge is 0.416 e. The lowest BCUT2D eigenvalue weighted by Crippen LogP contribution is -2.22. The summed E-state index contributed by atoms with van der Waals surface area (Å²) in [4.78, 5) is 10.1. The fourth-order valence-corrected chi connectivity index (χ4v) is 2.39. The number of alkyl halides is 3. The number of halogens is 3. The van der Waals surface area contributed by atoms with Crippen LogP contribution >= 0.6 is 11.8 Å². The second-order valence-corrected chi connectivity index (χ2v) is 5.10. The average molecular weight is 308 g/mol. The van der Waals surface area contributed by atoms with Crippen LogP contribution in [-0.4, -0.2) is 23.0 Å². The Hall–Kier alpha value is -1.44. The summed E-state index contributed by atoms with van der Waals surface area (Å²) in [5.41, 5.74) is -1.46. The quantitative estimate of drug-likeness (QED) is 0.633. The van der Waals surface area contributed by atoms with E-state index in [2.05, 4.69) is 5.32 Å². The molecule has 1 aromatic rings. The maximum absolute atomic E-state index is 12.6. The van der Waals surface area contributed by atoms with E-state index in [0.717, 1.165) is 18.6 Å². The molecule has 8 heteroatoms. The minimum atomic E-state index is -4.59. The Morgan fingerprint density at radius 3 is 2.55 bits per heavy atom. The van der Waals surface area contributed by atoms with Gasteiger partial charge < -0.3 is 5.32 Å². The smallest absolute Gasteiger partial charge is 0.376 e. The molecule has 0 aliphatic heterocycles. The second-order valence-electron chi connectivity index (χ2n) is 4.19. The number of nitro groups is 1. The molecule has 0 radical (unpaired) electrons. The van der Waals surface area contributed by atoms with Crippen molar-refractivity contribution in [3.05, 3.63) is 33.9 Å². The van der Waals surface area contributed by atoms with Crippen LogP contribution in [0.25, 0.3) is 0 Å². The maximum Gasteiger partial charge on any atom is 0.416 e. The molecule has 20 heavy (non-hydrogen) atoms. The van der Waals surface area contributed by atoms with E-state index in [4.69, 9.17) is 0 Å². The topological polar surface area (TPSA) is 55.2 Å². The van der Waals surface area contributed by atoms with E-state index >= 15 is 0 Å².